The average molecular weight is 519 g/mol. The van der Waals surface area contributed by atoms with Gasteiger partial charge in [0.1, 0.15) is 5.75 Å². The van der Waals surface area contributed by atoms with Crippen LogP contribution >= 0.6 is 7.75 Å². The average Bonchev–Trinajstić information content (AvgIpc) is 3.14. The fraction of sp³-hybridized carbons (Fsp3) is 0.654. The van der Waals surface area contributed by atoms with Gasteiger partial charge in [0.15, 0.2) is 0 Å². The first-order chi connectivity index (χ1) is 17.3. The smallest absolute Gasteiger partial charge is 0.410 e. The van der Waals surface area contributed by atoms with E-state index in [1.165, 1.54) is 26.2 Å². The molecule has 1 saturated carbocycles. The summed E-state index contributed by atoms with van der Waals surface area (Å²) in [5.41, 5.74) is 3.06. The first kappa shape index (κ1) is 25.7. The molecular formula is C26H39N4O5P. The normalized spacial score (nSPS) is 27.2. The standard InChI is InChI=1S/C26H39N4O5P/c1-6-18-13-17-14-22-24(18)29(16-17)11-9-20-21-15-19(35-26(31)27-10-12-28(2)3)7-8-23(21)30(25(20)22)36(32,33-4)34-5/h7-8,15,17-18,22,24H,6,9-14,16H2,1-5H3,(H,27,31)/t17-,18-,22+,24?/m0/s1. The van der Waals surface area contributed by atoms with Crippen LogP contribution < -0.4 is 10.1 Å². The van der Waals surface area contributed by atoms with Crippen LogP contribution in [-0.2, 0) is 20.0 Å². The third kappa shape index (κ3) is 4.39. The van der Waals surface area contributed by atoms with Crippen LogP contribution in [0, 0.1) is 11.8 Å². The van der Waals surface area contributed by atoms with Crippen molar-refractivity contribution >= 4 is 24.7 Å². The molecule has 10 heteroatoms. The van der Waals surface area contributed by atoms with Crippen LogP contribution in [0.4, 0.5) is 4.79 Å². The lowest BCUT2D eigenvalue weighted by Crippen LogP contribution is -2.56. The highest BCUT2D eigenvalue weighted by Crippen LogP contribution is 2.58. The molecule has 3 fully saturated rings. The lowest BCUT2D eigenvalue weighted by atomic mass is 9.65. The Bertz CT molecular complexity index is 1170. The third-order valence-corrected chi connectivity index (χ3v) is 10.2. The first-order valence-electron chi connectivity index (χ1n) is 13.0. The molecule has 1 amide bonds. The number of aromatic nitrogens is 1. The van der Waals surface area contributed by atoms with E-state index in [2.05, 4.69) is 17.1 Å². The number of hydrogen-bond donors (Lipinski definition) is 1. The van der Waals surface area contributed by atoms with Gasteiger partial charge in [0, 0.05) is 63.4 Å². The molecule has 198 valence electrons. The first-order valence-corrected chi connectivity index (χ1v) is 14.5. The maximum Gasteiger partial charge on any atom is 0.439 e. The number of hydrogen-bond acceptors (Lipinski definition) is 7. The number of benzene rings is 1. The van der Waals surface area contributed by atoms with Gasteiger partial charge in [-0.1, -0.05) is 13.3 Å². The third-order valence-electron chi connectivity index (χ3n) is 8.36. The van der Waals surface area contributed by atoms with Gasteiger partial charge in [-0.05, 0) is 69.0 Å². The maximum atomic E-state index is 14.0. The molecule has 3 aliphatic heterocycles. The van der Waals surface area contributed by atoms with E-state index in [4.69, 9.17) is 13.8 Å². The number of piperidine rings is 2. The van der Waals surface area contributed by atoms with Gasteiger partial charge in [0.25, 0.3) is 0 Å². The fourth-order valence-electron chi connectivity index (χ4n) is 6.89. The molecule has 1 N–H and O–H groups in total. The van der Waals surface area contributed by atoms with E-state index in [-0.39, 0.29) is 5.92 Å². The number of nitrogens with one attached hydrogen (secondary N) is 1. The van der Waals surface area contributed by atoms with Gasteiger partial charge in [-0.25, -0.2) is 9.36 Å². The number of rotatable bonds is 8. The molecule has 2 aromatic rings. The molecular weight excluding hydrogens is 479 g/mol. The Morgan fingerprint density at radius 2 is 2.00 bits per heavy atom. The van der Waals surface area contributed by atoms with E-state index in [1.54, 1.807) is 6.07 Å². The molecule has 4 bridgehead atoms. The summed E-state index contributed by atoms with van der Waals surface area (Å²) in [6, 6.07) is 5.98. The summed E-state index contributed by atoms with van der Waals surface area (Å²) >= 11 is 0. The van der Waals surface area contributed by atoms with Crippen molar-refractivity contribution in [1.82, 2.24) is 19.5 Å². The number of amides is 1. The summed E-state index contributed by atoms with van der Waals surface area (Å²) in [5, 5.41) is 3.75. The van der Waals surface area contributed by atoms with Crippen LogP contribution in [0.5, 0.6) is 5.75 Å². The van der Waals surface area contributed by atoms with Crippen molar-refractivity contribution in [3.63, 3.8) is 0 Å². The van der Waals surface area contributed by atoms with Crippen molar-refractivity contribution in [1.29, 1.82) is 0 Å². The molecule has 1 aromatic heterocycles. The minimum Gasteiger partial charge on any atom is -0.410 e. The monoisotopic (exact) mass is 518 g/mol. The Hall–Kier alpha value is -1.90. The highest BCUT2D eigenvalue weighted by Gasteiger charge is 2.50. The molecule has 4 aliphatic rings. The number of ether oxygens (including phenoxy) is 1. The molecule has 4 heterocycles. The highest BCUT2D eigenvalue weighted by atomic mass is 31.2. The van der Waals surface area contributed by atoms with Crippen molar-refractivity contribution in [3.8, 4) is 5.75 Å². The van der Waals surface area contributed by atoms with Gasteiger partial charge in [0.2, 0.25) is 0 Å². The minimum atomic E-state index is -3.60. The van der Waals surface area contributed by atoms with Gasteiger partial charge in [-0.3, -0.25) is 18.3 Å². The number of carbonyl (C=O) groups excluding carboxylic acids is 1. The quantitative estimate of drug-likeness (QED) is 0.522. The summed E-state index contributed by atoms with van der Waals surface area (Å²) in [6.07, 6.45) is 3.88. The van der Waals surface area contributed by atoms with Gasteiger partial charge in [-0.15, -0.1) is 0 Å². The second-order valence-electron chi connectivity index (χ2n) is 10.7. The Kier molecular flexibility index (Phi) is 7.22. The molecule has 0 radical (unpaired) electrons. The molecule has 6 rings (SSSR count). The van der Waals surface area contributed by atoms with Gasteiger partial charge >= 0.3 is 13.8 Å². The molecule has 2 saturated heterocycles. The molecule has 1 aliphatic carbocycles. The van der Waals surface area contributed by atoms with E-state index in [9.17, 15) is 9.36 Å². The SMILES string of the molecule is CC[C@H]1C[C@H]2C[C@H]3c4c(c5cc(OC(=O)NCCN(C)C)ccc5n4P(=O)(OC)OC)CCN(C2)C13. The highest BCUT2D eigenvalue weighted by molar-refractivity contribution is 7.52. The van der Waals surface area contributed by atoms with E-state index < -0.39 is 13.8 Å². The molecule has 1 aromatic carbocycles. The van der Waals surface area contributed by atoms with Crippen LogP contribution in [0.1, 0.15) is 43.4 Å². The van der Waals surface area contributed by atoms with Crippen molar-refractivity contribution < 1.29 is 23.1 Å². The van der Waals surface area contributed by atoms with E-state index in [0.717, 1.165) is 55.5 Å². The molecule has 2 unspecified atom stereocenters. The second kappa shape index (κ2) is 10.1. The zero-order valence-electron chi connectivity index (χ0n) is 22.0. The van der Waals surface area contributed by atoms with E-state index in [1.807, 2.05) is 35.5 Å². The predicted octanol–water partition coefficient (Wildman–Crippen LogP) is 4.30. The largest absolute Gasteiger partial charge is 0.439 e. The van der Waals surface area contributed by atoms with Crippen LogP contribution in [-0.4, -0.2) is 80.8 Å². The van der Waals surface area contributed by atoms with Crippen molar-refractivity contribution in [2.24, 2.45) is 11.8 Å². The minimum absolute atomic E-state index is 0.268. The zero-order chi connectivity index (χ0) is 25.6. The van der Waals surface area contributed by atoms with Crippen molar-refractivity contribution in [2.45, 2.75) is 44.6 Å². The Morgan fingerprint density at radius 1 is 1.22 bits per heavy atom. The Balaban J connectivity index is 1.59. The predicted molar refractivity (Wildman–Crippen MR) is 140 cm³/mol. The van der Waals surface area contributed by atoms with Crippen LogP contribution in [0.2, 0.25) is 0 Å². The van der Waals surface area contributed by atoms with Crippen molar-refractivity contribution in [2.75, 3.05) is 54.5 Å². The van der Waals surface area contributed by atoms with Gasteiger partial charge in [0.05, 0.1) is 5.52 Å². The summed E-state index contributed by atoms with van der Waals surface area (Å²) < 4.78 is 32.6. The molecule has 5 atom stereocenters. The topological polar surface area (TPSA) is 85.3 Å². The Morgan fingerprint density at radius 3 is 2.69 bits per heavy atom. The Labute approximate surface area is 213 Å². The van der Waals surface area contributed by atoms with E-state index >= 15 is 0 Å². The number of fused-ring (bicyclic) bond motifs is 4. The fourth-order valence-corrected chi connectivity index (χ4v) is 8.34. The van der Waals surface area contributed by atoms with Gasteiger partial charge < -0.3 is 15.0 Å². The zero-order valence-corrected chi connectivity index (χ0v) is 22.9. The molecule has 9 nitrogen and oxygen atoms in total. The van der Waals surface area contributed by atoms with Crippen LogP contribution in [0.15, 0.2) is 18.2 Å². The lowest BCUT2D eigenvalue weighted by Gasteiger charge is -2.53. The van der Waals surface area contributed by atoms with Gasteiger partial charge in [-0.2, -0.15) is 0 Å². The molecule has 0 spiro atoms. The van der Waals surface area contributed by atoms with Crippen LogP contribution in [0.25, 0.3) is 10.9 Å². The number of carbonyl (C=O) groups is 1. The maximum absolute atomic E-state index is 14.0. The molecule has 36 heavy (non-hydrogen) atoms. The summed E-state index contributed by atoms with van der Waals surface area (Å²) in [6.45, 7) is 5.64. The van der Waals surface area contributed by atoms with Crippen LogP contribution in [0.3, 0.4) is 0 Å². The second-order valence-corrected chi connectivity index (χ2v) is 12.7. The van der Waals surface area contributed by atoms with E-state index in [0.29, 0.717) is 30.2 Å². The summed E-state index contributed by atoms with van der Waals surface area (Å²) in [5.74, 6) is 2.02. The summed E-state index contributed by atoms with van der Waals surface area (Å²) in [4.78, 5) is 17.0. The summed E-state index contributed by atoms with van der Waals surface area (Å²) in [7, 11) is 3.20. The number of nitrogens with zero attached hydrogens (tertiary/aromatic N) is 3. The lowest BCUT2D eigenvalue weighted by molar-refractivity contribution is -0.0138. The number of likely N-dealkylation sites (N-methyl/N-ethyl adjacent to an activating group) is 1. The van der Waals surface area contributed by atoms with Crippen molar-refractivity contribution in [3.05, 3.63) is 29.5 Å².